The highest BCUT2D eigenvalue weighted by Crippen LogP contribution is 2.36. The van der Waals surface area contributed by atoms with Crippen molar-refractivity contribution in [1.29, 1.82) is 0 Å². The van der Waals surface area contributed by atoms with Crippen LogP contribution in [0.5, 0.6) is 0 Å². The molecule has 0 fully saturated rings. The molecule has 4 aromatic rings. The Morgan fingerprint density at radius 1 is 1.00 bits per heavy atom. The molecule has 0 N–H and O–H groups in total. The van der Waals surface area contributed by atoms with E-state index in [-0.39, 0.29) is 0 Å². The van der Waals surface area contributed by atoms with E-state index in [1.54, 1.807) is 6.07 Å². The van der Waals surface area contributed by atoms with E-state index in [4.69, 9.17) is 0 Å². The maximum atomic E-state index is 12.9. The number of rotatable bonds is 4. The van der Waals surface area contributed by atoms with Crippen LogP contribution in [0.15, 0.2) is 59.6 Å². The number of thiazole rings is 1. The maximum Gasteiger partial charge on any atom is 0.416 e. The molecule has 0 aliphatic carbocycles. The van der Waals surface area contributed by atoms with E-state index < -0.39 is 11.7 Å². The number of thioether (sulfide) groups is 1. The Labute approximate surface area is 167 Å². The smallest absolute Gasteiger partial charge is 0.238 e. The molecular weight excluding hydrogens is 403 g/mol. The zero-order valence-electron chi connectivity index (χ0n) is 14.7. The van der Waals surface area contributed by atoms with E-state index in [0.29, 0.717) is 16.3 Å². The number of alkyl halides is 3. The lowest BCUT2D eigenvalue weighted by atomic mass is 10.1. The standard InChI is InChI=1S/C20H14F3N3S2/c1-12-24-17-18(28-12)16(14-7-3-2-4-8-14)25-26-19(17)27-11-13-6-5-9-15(10-13)20(21,22)23/h2-10H,11H2,1H3. The van der Waals surface area contributed by atoms with Gasteiger partial charge in [-0.1, -0.05) is 60.3 Å². The molecule has 0 aliphatic rings. The summed E-state index contributed by atoms with van der Waals surface area (Å²) in [6.07, 6.45) is -4.35. The van der Waals surface area contributed by atoms with Crippen molar-refractivity contribution in [2.24, 2.45) is 0 Å². The second-order valence-electron chi connectivity index (χ2n) is 6.12. The van der Waals surface area contributed by atoms with E-state index in [9.17, 15) is 13.2 Å². The first-order chi connectivity index (χ1) is 13.4. The summed E-state index contributed by atoms with van der Waals surface area (Å²) in [5.74, 6) is 0.356. The number of aryl methyl sites for hydroxylation is 1. The minimum absolute atomic E-state index is 0.356. The highest BCUT2D eigenvalue weighted by atomic mass is 32.2. The maximum absolute atomic E-state index is 12.9. The molecule has 0 aliphatic heterocycles. The van der Waals surface area contributed by atoms with Crippen LogP contribution in [0.2, 0.25) is 0 Å². The largest absolute Gasteiger partial charge is 0.416 e. The third-order valence-electron chi connectivity index (χ3n) is 4.07. The van der Waals surface area contributed by atoms with Crippen LogP contribution >= 0.6 is 23.1 Å². The zero-order chi connectivity index (χ0) is 19.7. The van der Waals surface area contributed by atoms with Gasteiger partial charge in [0, 0.05) is 11.3 Å². The average molecular weight is 417 g/mol. The summed E-state index contributed by atoms with van der Waals surface area (Å²) >= 11 is 2.88. The van der Waals surface area contributed by atoms with Crippen LogP contribution in [0.25, 0.3) is 21.5 Å². The number of hydrogen-bond acceptors (Lipinski definition) is 5. The molecule has 0 saturated carbocycles. The molecule has 8 heteroatoms. The topological polar surface area (TPSA) is 38.7 Å². The van der Waals surface area contributed by atoms with Gasteiger partial charge in [-0.2, -0.15) is 13.2 Å². The molecule has 28 heavy (non-hydrogen) atoms. The lowest BCUT2D eigenvalue weighted by Crippen LogP contribution is -2.04. The molecule has 142 valence electrons. The molecule has 0 atom stereocenters. The van der Waals surface area contributed by atoms with Crippen molar-refractivity contribution in [2.75, 3.05) is 0 Å². The van der Waals surface area contributed by atoms with Gasteiger partial charge in [-0.25, -0.2) is 4.98 Å². The zero-order valence-corrected chi connectivity index (χ0v) is 16.3. The Morgan fingerprint density at radius 3 is 2.54 bits per heavy atom. The first-order valence-electron chi connectivity index (χ1n) is 8.40. The molecule has 0 radical (unpaired) electrons. The van der Waals surface area contributed by atoms with Crippen LogP contribution in [0, 0.1) is 6.92 Å². The van der Waals surface area contributed by atoms with Gasteiger partial charge in [-0.15, -0.1) is 21.5 Å². The summed E-state index contributed by atoms with van der Waals surface area (Å²) in [5, 5.41) is 10.2. The van der Waals surface area contributed by atoms with Gasteiger partial charge in [0.15, 0.2) is 0 Å². The van der Waals surface area contributed by atoms with Gasteiger partial charge in [0.05, 0.1) is 15.3 Å². The van der Waals surface area contributed by atoms with Gasteiger partial charge in [-0.3, -0.25) is 0 Å². The lowest BCUT2D eigenvalue weighted by Gasteiger charge is -2.09. The first kappa shape index (κ1) is 18.9. The average Bonchev–Trinajstić information content (AvgIpc) is 3.08. The third-order valence-corrected chi connectivity index (χ3v) is 6.07. The normalized spacial score (nSPS) is 11.9. The van der Waals surface area contributed by atoms with Gasteiger partial charge < -0.3 is 0 Å². The van der Waals surface area contributed by atoms with Crippen molar-refractivity contribution in [3.8, 4) is 11.3 Å². The second kappa shape index (κ2) is 7.52. The van der Waals surface area contributed by atoms with E-state index in [1.807, 2.05) is 37.3 Å². The second-order valence-corrected chi connectivity index (χ2v) is 8.28. The highest BCUT2D eigenvalue weighted by molar-refractivity contribution is 7.98. The molecule has 4 rings (SSSR count). The number of benzene rings is 2. The minimum Gasteiger partial charge on any atom is -0.238 e. The predicted molar refractivity (Wildman–Crippen MR) is 106 cm³/mol. The van der Waals surface area contributed by atoms with E-state index in [2.05, 4.69) is 15.2 Å². The lowest BCUT2D eigenvalue weighted by molar-refractivity contribution is -0.137. The summed E-state index contributed by atoms with van der Waals surface area (Å²) in [6, 6.07) is 15.1. The number of halogens is 3. The van der Waals surface area contributed by atoms with Crippen molar-refractivity contribution in [1.82, 2.24) is 15.2 Å². The fraction of sp³-hybridized carbons (Fsp3) is 0.150. The van der Waals surface area contributed by atoms with Crippen molar-refractivity contribution in [3.63, 3.8) is 0 Å². The molecule has 2 aromatic heterocycles. The molecule has 0 bridgehead atoms. The molecule has 3 nitrogen and oxygen atoms in total. The van der Waals surface area contributed by atoms with Crippen LogP contribution in [0.1, 0.15) is 16.1 Å². The Bertz CT molecular complexity index is 1120. The third kappa shape index (κ3) is 3.88. The summed E-state index contributed by atoms with van der Waals surface area (Å²) in [5.41, 5.74) is 2.40. The summed E-state index contributed by atoms with van der Waals surface area (Å²) < 4.78 is 39.7. The van der Waals surface area contributed by atoms with Gasteiger partial charge >= 0.3 is 6.18 Å². The molecule has 0 saturated heterocycles. The molecule has 0 amide bonds. The Kier molecular flexibility index (Phi) is 5.07. The number of nitrogens with zero attached hydrogens (tertiary/aromatic N) is 3. The van der Waals surface area contributed by atoms with Crippen LogP contribution in [-0.2, 0) is 11.9 Å². The fourth-order valence-corrected chi connectivity index (χ4v) is 4.65. The molecule has 0 spiro atoms. The number of aromatic nitrogens is 3. The Hall–Kier alpha value is -2.45. The molecule has 2 aromatic carbocycles. The summed E-state index contributed by atoms with van der Waals surface area (Å²) in [7, 11) is 0. The van der Waals surface area contributed by atoms with Gasteiger partial charge in [0.1, 0.15) is 16.2 Å². The van der Waals surface area contributed by atoms with Crippen LogP contribution < -0.4 is 0 Å². The Morgan fingerprint density at radius 2 is 1.79 bits per heavy atom. The highest BCUT2D eigenvalue weighted by Gasteiger charge is 2.30. The summed E-state index contributed by atoms with van der Waals surface area (Å²) in [6.45, 7) is 1.92. The van der Waals surface area contributed by atoms with Crippen molar-refractivity contribution < 1.29 is 13.2 Å². The minimum atomic E-state index is -4.35. The van der Waals surface area contributed by atoms with E-state index in [1.165, 1.54) is 35.2 Å². The summed E-state index contributed by atoms with van der Waals surface area (Å²) in [4.78, 5) is 4.58. The number of hydrogen-bond donors (Lipinski definition) is 0. The van der Waals surface area contributed by atoms with Crippen molar-refractivity contribution >= 4 is 33.3 Å². The molecule has 0 unspecified atom stereocenters. The van der Waals surface area contributed by atoms with Gasteiger partial charge in [-0.05, 0) is 18.6 Å². The van der Waals surface area contributed by atoms with Crippen LogP contribution in [0.3, 0.4) is 0 Å². The SMILES string of the molecule is Cc1nc2c(SCc3cccc(C(F)(F)F)c3)nnc(-c3ccccc3)c2s1. The van der Waals surface area contributed by atoms with Crippen molar-refractivity contribution in [3.05, 3.63) is 70.7 Å². The monoisotopic (exact) mass is 417 g/mol. The first-order valence-corrected chi connectivity index (χ1v) is 10.2. The van der Waals surface area contributed by atoms with Crippen LogP contribution in [-0.4, -0.2) is 15.2 Å². The van der Waals surface area contributed by atoms with E-state index in [0.717, 1.165) is 32.5 Å². The molecular formula is C20H14F3N3S2. The Balaban J connectivity index is 1.66. The van der Waals surface area contributed by atoms with Crippen molar-refractivity contribution in [2.45, 2.75) is 23.9 Å². The van der Waals surface area contributed by atoms with Gasteiger partial charge in [0.25, 0.3) is 0 Å². The molecule has 2 heterocycles. The van der Waals surface area contributed by atoms with Gasteiger partial charge in [0.2, 0.25) is 0 Å². The predicted octanol–water partition coefficient (Wildman–Crippen LogP) is 6.37. The fourth-order valence-electron chi connectivity index (χ4n) is 2.79. The van der Waals surface area contributed by atoms with Crippen LogP contribution in [0.4, 0.5) is 13.2 Å². The number of fused-ring (bicyclic) bond motifs is 1. The quantitative estimate of drug-likeness (QED) is 0.362. The van der Waals surface area contributed by atoms with E-state index >= 15 is 0 Å².